The minimum atomic E-state index is -0.311. The van der Waals surface area contributed by atoms with Crippen LogP contribution in [0.4, 0.5) is 10.1 Å². The average molecular weight is 244 g/mol. The van der Waals surface area contributed by atoms with Crippen LogP contribution < -0.4 is 5.73 Å². The van der Waals surface area contributed by atoms with Gasteiger partial charge in [-0.05, 0) is 37.8 Å². The van der Waals surface area contributed by atoms with Crippen molar-refractivity contribution in [1.82, 2.24) is 4.90 Å². The van der Waals surface area contributed by atoms with Crippen LogP contribution in [0.2, 0.25) is 0 Å². The van der Waals surface area contributed by atoms with Crippen LogP contribution in [0.3, 0.4) is 0 Å². The Labute approximate surface area is 103 Å². The lowest BCUT2D eigenvalue weighted by atomic mass is 10.3. The summed E-state index contributed by atoms with van der Waals surface area (Å²) in [5.41, 5.74) is 5.85. The van der Waals surface area contributed by atoms with Crippen LogP contribution in [0.5, 0.6) is 0 Å². The molecule has 0 aliphatic carbocycles. The average Bonchev–Trinajstić information content (AvgIpc) is 2.27. The Morgan fingerprint density at radius 3 is 1.94 bits per heavy atom. The number of halogens is 1. The summed E-state index contributed by atoms with van der Waals surface area (Å²) in [4.78, 5) is 2.86. The Balaban J connectivity index is 0.000000293. The van der Waals surface area contributed by atoms with E-state index in [0.717, 1.165) is 0 Å². The smallest absolute Gasteiger partial charge is 0.124 e. The number of rotatable bonds is 3. The monoisotopic (exact) mass is 244 g/mol. The highest BCUT2D eigenvalue weighted by Gasteiger charge is 1.93. The summed E-state index contributed by atoms with van der Waals surface area (Å²) in [6, 6.07) is 4.06. The highest BCUT2D eigenvalue weighted by molar-refractivity contribution is 7.80. The number of thiol groups is 1. The van der Waals surface area contributed by atoms with Crippen molar-refractivity contribution in [2.45, 2.75) is 25.7 Å². The zero-order valence-corrected chi connectivity index (χ0v) is 11.1. The first-order chi connectivity index (χ1) is 7.54. The molecule has 0 amide bonds. The largest absolute Gasteiger partial charge is 0.398 e. The molecule has 92 valence electrons. The fourth-order valence-electron chi connectivity index (χ4n) is 1.19. The Bertz CT molecular complexity index is 296. The lowest BCUT2D eigenvalue weighted by Crippen LogP contribution is -2.21. The third kappa shape index (κ3) is 5.98. The summed E-state index contributed by atoms with van der Waals surface area (Å²) in [6.45, 7) is 10.1. The minimum absolute atomic E-state index is 0.311. The van der Waals surface area contributed by atoms with Gasteiger partial charge in [-0.15, -0.1) is 12.6 Å². The zero-order valence-electron chi connectivity index (χ0n) is 10.2. The van der Waals surface area contributed by atoms with Crippen molar-refractivity contribution in [3.8, 4) is 0 Å². The highest BCUT2D eigenvalue weighted by Crippen LogP contribution is 2.16. The molecule has 0 saturated heterocycles. The van der Waals surface area contributed by atoms with Crippen molar-refractivity contribution in [1.29, 1.82) is 0 Å². The maximum atomic E-state index is 12.2. The Morgan fingerprint density at radius 2 is 1.69 bits per heavy atom. The molecule has 1 aromatic carbocycles. The second kappa shape index (κ2) is 8.42. The maximum absolute atomic E-state index is 12.2. The van der Waals surface area contributed by atoms with Crippen LogP contribution >= 0.6 is 12.6 Å². The second-order valence-electron chi connectivity index (χ2n) is 3.32. The van der Waals surface area contributed by atoms with Crippen molar-refractivity contribution < 1.29 is 4.39 Å². The van der Waals surface area contributed by atoms with Gasteiger partial charge in [-0.2, -0.15) is 0 Å². The lowest BCUT2D eigenvalue weighted by molar-refractivity contribution is 0.321. The van der Waals surface area contributed by atoms with Gasteiger partial charge in [0.1, 0.15) is 5.82 Å². The third-order valence-corrected chi connectivity index (χ3v) is 2.72. The fraction of sp³-hybridized carbons (Fsp3) is 0.500. The van der Waals surface area contributed by atoms with Gasteiger partial charge in [-0.25, -0.2) is 4.39 Å². The molecule has 2 N–H and O–H groups in total. The van der Waals surface area contributed by atoms with Crippen molar-refractivity contribution in [3.05, 3.63) is 24.0 Å². The molecule has 0 atom stereocenters. The van der Waals surface area contributed by atoms with Crippen LogP contribution in [0, 0.1) is 5.82 Å². The topological polar surface area (TPSA) is 29.3 Å². The van der Waals surface area contributed by atoms with E-state index in [1.165, 1.54) is 37.8 Å². The second-order valence-corrected chi connectivity index (χ2v) is 3.80. The number of nitrogens with two attached hydrogens (primary N) is 1. The molecule has 0 heterocycles. The van der Waals surface area contributed by atoms with Crippen LogP contribution in [-0.2, 0) is 0 Å². The van der Waals surface area contributed by atoms with Gasteiger partial charge in [0, 0.05) is 10.6 Å². The standard InChI is InChI=1S/C6H6FNS.C6H15N/c7-4-1-2-5(8)6(9)3-4;1-4-7(5-2)6-3/h1-3,9H,8H2;4-6H2,1-3H3. The highest BCUT2D eigenvalue weighted by atomic mass is 32.1. The van der Waals surface area contributed by atoms with Gasteiger partial charge in [-0.1, -0.05) is 20.8 Å². The number of nitrogen functional groups attached to an aromatic ring is 1. The van der Waals surface area contributed by atoms with E-state index in [-0.39, 0.29) is 5.82 Å². The third-order valence-electron chi connectivity index (χ3n) is 2.33. The Kier molecular flexibility index (Phi) is 8.03. The first-order valence-corrected chi connectivity index (χ1v) is 5.96. The zero-order chi connectivity index (χ0) is 12.6. The van der Waals surface area contributed by atoms with E-state index in [1.807, 2.05) is 0 Å². The van der Waals surface area contributed by atoms with Crippen LogP contribution in [-0.4, -0.2) is 24.5 Å². The molecule has 0 aliphatic heterocycles. The molecule has 0 spiro atoms. The molecule has 0 radical (unpaired) electrons. The molecule has 0 unspecified atom stereocenters. The summed E-state index contributed by atoms with van der Waals surface area (Å²) in [7, 11) is 0. The van der Waals surface area contributed by atoms with Gasteiger partial charge < -0.3 is 10.6 Å². The molecule has 2 nitrogen and oxygen atoms in total. The van der Waals surface area contributed by atoms with E-state index in [4.69, 9.17) is 5.73 Å². The molecular formula is C12H21FN2S. The van der Waals surface area contributed by atoms with Gasteiger partial charge in [-0.3, -0.25) is 0 Å². The van der Waals surface area contributed by atoms with Crippen molar-refractivity contribution in [2.75, 3.05) is 25.4 Å². The van der Waals surface area contributed by atoms with Gasteiger partial charge in [0.05, 0.1) is 0 Å². The van der Waals surface area contributed by atoms with Gasteiger partial charge >= 0.3 is 0 Å². The minimum Gasteiger partial charge on any atom is -0.398 e. The Morgan fingerprint density at radius 1 is 1.19 bits per heavy atom. The number of hydrogen-bond donors (Lipinski definition) is 2. The maximum Gasteiger partial charge on any atom is 0.124 e. The van der Waals surface area contributed by atoms with Crippen molar-refractivity contribution in [3.63, 3.8) is 0 Å². The van der Waals surface area contributed by atoms with Crippen LogP contribution in [0.15, 0.2) is 23.1 Å². The molecular weight excluding hydrogens is 223 g/mol. The number of benzene rings is 1. The molecule has 0 bridgehead atoms. The number of nitrogens with zero attached hydrogens (tertiary/aromatic N) is 1. The van der Waals surface area contributed by atoms with E-state index in [9.17, 15) is 4.39 Å². The van der Waals surface area contributed by atoms with Crippen LogP contribution in [0.1, 0.15) is 20.8 Å². The summed E-state index contributed by atoms with van der Waals surface area (Å²) in [6.07, 6.45) is 0. The lowest BCUT2D eigenvalue weighted by Gasteiger charge is -2.13. The summed E-state index contributed by atoms with van der Waals surface area (Å²) < 4.78 is 12.2. The van der Waals surface area contributed by atoms with Gasteiger partial charge in [0.25, 0.3) is 0 Å². The predicted octanol–water partition coefficient (Wildman–Crippen LogP) is 3.04. The van der Waals surface area contributed by atoms with E-state index < -0.39 is 0 Å². The summed E-state index contributed by atoms with van der Waals surface area (Å²) in [5, 5.41) is 0. The van der Waals surface area contributed by atoms with Crippen LogP contribution in [0.25, 0.3) is 0 Å². The quantitative estimate of drug-likeness (QED) is 0.632. The molecule has 1 rings (SSSR count). The molecule has 1 aromatic rings. The molecule has 0 aromatic heterocycles. The van der Waals surface area contributed by atoms with Gasteiger partial charge in [0.2, 0.25) is 0 Å². The molecule has 0 aliphatic rings. The van der Waals surface area contributed by atoms with Crippen molar-refractivity contribution in [2.24, 2.45) is 0 Å². The first kappa shape index (κ1) is 15.3. The molecule has 0 fully saturated rings. The molecule has 0 saturated carbocycles. The molecule has 4 heteroatoms. The normalized spacial score (nSPS) is 9.88. The summed E-state index contributed by atoms with van der Waals surface area (Å²) >= 11 is 3.90. The fourth-order valence-corrected chi connectivity index (χ4v) is 1.39. The number of anilines is 1. The van der Waals surface area contributed by atoms with Gasteiger partial charge in [0.15, 0.2) is 0 Å². The van der Waals surface area contributed by atoms with E-state index in [0.29, 0.717) is 10.6 Å². The predicted molar refractivity (Wildman–Crippen MR) is 71.5 cm³/mol. The van der Waals surface area contributed by atoms with E-state index in [1.54, 1.807) is 0 Å². The number of hydrogen-bond acceptors (Lipinski definition) is 3. The van der Waals surface area contributed by atoms with Crippen molar-refractivity contribution >= 4 is 18.3 Å². The first-order valence-electron chi connectivity index (χ1n) is 5.51. The van der Waals surface area contributed by atoms with E-state index in [2.05, 4.69) is 38.3 Å². The Hall–Kier alpha value is -0.740. The van der Waals surface area contributed by atoms with E-state index >= 15 is 0 Å². The summed E-state index contributed by atoms with van der Waals surface area (Å²) in [5.74, 6) is -0.311. The molecule has 16 heavy (non-hydrogen) atoms. The SMILES string of the molecule is CCN(CC)CC.Nc1ccc(F)cc1S.